The highest BCUT2D eigenvalue weighted by atomic mass is 16.5. The number of hydrogen-bond donors (Lipinski definition) is 0. The third-order valence-corrected chi connectivity index (χ3v) is 18.8. The molecule has 3 heteroatoms. The normalized spacial score (nSPS) is 13.7. The maximum atomic E-state index is 7.29. The zero-order valence-electron chi connectivity index (χ0n) is 46.2. The summed E-state index contributed by atoms with van der Waals surface area (Å²) in [7, 11) is 0. The van der Waals surface area contributed by atoms with Crippen LogP contribution < -0.4 is 9.64 Å². The molecule has 2 aliphatic carbocycles. The molecule has 0 fully saturated rings. The number of furan rings is 1. The Hall–Kier alpha value is -11.0. The van der Waals surface area contributed by atoms with Crippen LogP contribution in [0.3, 0.4) is 0 Å². The molecule has 0 radical (unpaired) electrons. The smallest absolute Gasteiger partial charge is 0.140 e. The lowest BCUT2D eigenvalue weighted by atomic mass is 9.65. The maximum Gasteiger partial charge on any atom is 0.140 e. The van der Waals surface area contributed by atoms with Crippen molar-refractivity contribution in [1.82, 2.24) is 0 Å². The van der Waals surface area contributed by atoms with Gasteiger partial charge in [0.25, 0.3) is 0 Å². The number of hydrogen-bond acceptors (Lipinski definition) is 3. The van der Waals surface area contributed by atoms with Crippen molar-refractivity contribution in [3.63, 3.8) is 0 Å². The van der Waals surface area contributed by atoms with Gasteiger partial charge in [0.1, 0.15) is 22.7 Å². The molecule has 396 valence electrons. The Morgan fingerprint density at radius 2 is 0.682 bits per heavy atom. The molecule has 2 heterocycles. The topological polar surface area (TPSA) is 25.6 Å². The van der Waals surface area contributed by atoms with Gasteiger partial charge in [0.15, 0.2) is 0 Å². The van der Waals surface area contributed by atoms with Gasteiger partial charge >= 0.3 is 0 Å². The molecule has 0 N–H and O–H groups in total. The lowest BCUT2D eigenvalue weighted by molar-refractivity contribution is 0.447. The third-order valence-electron chi connectivity index (χ3n) is 18.8. The SMILES string of the molecule is c1ccc(C2(c3ccccc3)c3ccccc3-c3ccc(N(c4ccc(-c5ccc6c(c5)C5(c7ccccc7-6)c6ccc7ccccc7c6Oc6c5ccc5ccccc65)cc4)c4ccc(-c5ccc6c(c5)oc5ccccc56)cc4)cc32)cc1. The fourth-order valence-electron chi connectivity index (χ4n) is 15.1. The first-order valence-corrected chi connectivity index (χ1v) is 29.4. The van der Waals surface area contributed by atoms with Gasteiger partial charge in [-0.3, -0.25) is 0 Å². The van der Waals surface area contributed by atoms with E-state index in [1.807, 2.05) is 12.1 Å². The second-order valence-electron chi connectivity index (χ2n) is 23.0. The molecule has 1 aliphatic heterocycles. The molecule has 0 bridgehead atoms. The molecule has 3 aliphatic rings. The van der Waals surface area contributed by atoms with E-state index in [0.29, 0.717) is 0 Å². The number of ether oxygens (including phenoxy) is 1. The third kappa shape index (κ3) is 6.78. The van der Waals surface area contributed by atoms with Crippen LogP contribution in [0.1, 0.15) is 44.5 Å². The highest BCUT2D eigenvalue weighted by molar-refractivity contribution is 6.06. The molecule has 3 nitrogen and oxygen atoms in total. The largest absolute Gasteiger partial charge is 0.456 e. The van der Waals surface area contributed by atoms with E-state index in [-0.39, 0.29) is 0 Å². The van der Waals surface area contributed by atoms with E-state index in [4.69, 9.17) is 9.15 Å². The first kappa shape index (κ1) is 47.6. The molecule has 18 rings (SSSR count). The van der Waals surface area contributed by atoms with Crippen LogP contribution in [0.25, 0.3) is 88.0 Å². The minimum Gasteiger partial charge on any atom is -0.456 e. The monoisotopic (exact) mass is 1080 g/mol. The molecule has 0 saturated heterocycles. The minimum atomic E-state index is -0.651. The molecule has 1 spiro atoms. The van der Waals surface area contributed by atoms with Gasteiger partial charge in [-0.25, -0.2) is 0 Å². The first-order valence-electron chi connectivity index (χ1n) is 29.4. The Bertz CT molecular complexity index is 5090. The summed E-state index contributed by atoms with van der Waals surface area (Å²) >= 11 is 0. The summed E-state index contributed by atoms with van der Waals surface area (Å²) in [4.78, 5) is 2.43. The molecule has 14 aromatic carbocycles. The van der Waals surface area contributed by atoms with E-state index >= 15 is 0 Å². The average molecular weight is 1080 g/mol. The lowest BCUT2D eigenvalue weighted by Gasteiger charge is -2.40. The summed E-state index contributed by atoms with van der Waals surface area (Å²) in [6, 6.07) is 114. The predicted octanol–water partition coefficient (Wildman–Crippen LogP) is 21.5. The Morgan fingerprint density at radius 3 is 1.29 bits per heavy atom. The fraction of sp³-hybridized carbons (Fsp3) is 0.0244. The van der Waals surface area contributed by atoms with Gasteiger partial charge in [-0.1, -0.05) is 249 Å². The molecule has 1 aromatic heterocycles. The number of fused-ring (bicyclic) bond motifs is 19. The number of anilines is 3. The molecular weight excluding hydrogens is 1030 g/mol. The second kappa shape index (κ2) is 18.2. The molecule has 0 saturated carbocycles. The van der Waals surface area contributed by atoms with Crippen molar-refractivity contribution in [2.24, 2.45) is 0 Å². The highest BCUT2D eigenvalue weighted by Gasteiger charge is 2.52. The van der Waals surface area contributed by atoms with Crippen LogP contribution in [0.2, 0.25) is 0 Å². The van der Waals surface area contributed by atoms with Crippen molar-refractivity contribution in [2.45, 2.75) is 10.8 Å². The molecule has 15 aromatic rings. The van der Waals surface area contributed by atoms with Crippen LogP contribution in [0.15, 0.2) is 314 Å². The summed E-state index contributed by atoms with van der Waals surface area (Å²) in [6.07, 6.45) is 0. The summed E-state index contributed by atoms with van der Waals surface area (Å²) in [6.45, 7) is 0. The van der Waals surface area contributed by atoms with E-state index in [1.54, 1.807) is 0 Å². The van der Waals surface area contributed by atoms with E-state index in [2.05, 4.69) is 302 Å². The fourth-order valence-corrected chi connectivity index (χ4v) is 15.1. The van der Waals surface area contributed by atoms with E-state index in [1.165, 1.54) is 55.6 Å². The van der Waals surface area contributed by atoms with Gasteiger partial charge in [-0.15, -0.1) is 0 Å². The number of nitrogens with zero attached hydrogens (tertiary/aromatic N) is 1. The van der Waals surface area contributed by atoms with Crippen molar-refractivity contribution >= 4 is 60.5 Å². The van der Waals surface area contributed by atoms with E-state index in [0.717, 1.165) is 105 Å². The van der Waals surface area contributed by atoms with Crippen LogP contribution in [0.4, 0.5) is 17.1 Å². The summed E-state index contributed by atoms with van der Waals surface area (Å²) in [5, 5.41) is 6.78. The summed E-state index contributed by atoms with van der Waals surface area (Å²) < 4.78 is 13.7. The minimum absolute atomic E-state index is 0.560. The Kier molecular flexibility index (Phi) is 10.2. The lowest BCUT2D eigenvalue weighted by Crippen LogP contribution is -2.32. The Morgan fingerprint density at radius 1 is 0.247 bits per heavy atom. The Balaban J connectivity index is 0.807. The first-order chi connectivity index (χ1) is 42.1. The molecule has 0 amide bonds. The summed E-state index contributed by atoms with van der Waals surface area (Å²) in [5.41, 5.74) is 23.1. The highest BCUT2D eigenvalue weighted by Crippen LogP contribution is 2.65. The van der Waals surface area contributed by atoms with Crippen LogP contribution in [0, 0.1) is 0 Å². The van der Waals surface area contributed by atoms with Gasteiger partial charge in [0.05, 0.1) is 10.8 Å². The van der Waals surface area contributed by atoms with Crippen molar-refractivity contribution in [2.75, 3.05) is 4.90 Å². The van der Waals surface area contributed by atoms with Crippen LogP contribution in [-0.4, -0.2) is 0 Å². The second-order valence-corrected chi connectivity index (χ2v) is 23.0. The maximum absolute atomic E-state index is 7.29. The zero-order chi connectivity index (χ0) is 55.8. The van der Waals surface area contributed by atoms with Crippen LogP contribution in [0.5, 0.6) is 11.5 Å². The number of para-hydroxylation sites is 1. The van der Waals surface area contributed by atoms with Gasteiger partial charge in [-0.2, -0.15) is 0 Å². The quantitative estimate of drug-likeness (QED) is 0.159. The molecule has 0 unspecified atom stereocenters. The summed E-state index contributed by atoms with van der Waals surface area (Å²) in [5.74, 6) is 1.83. The van der Waals surface area contributed by atoms with Gasteiger partial charge < -0.3 is 14.1 Å². The van der Waals surface area contributed by atoms with Crippen LogP contribution >= 0.6 is 0 Å². The van der Waals surface area contributed by atoms with Gasteiger partial charge in [0.2, 0.25) is 0 Å². The average Bonchev–Trinajstić information content (AvgIpc) is 1.67. The molecular formula is C82H51NO2. The van der Waals surface area contributed by atoms with Gasteiger partial charge in [-0.05, 0) is 149 Å². The van der Waals surface area contributed by atoms with Crippen LogP contribution in [-0.2, 0) is 10.8 Å². The van der Waals surface area contributed by atoms with Crippen molar-refractivity contribution in [1.29, 1.82) is 0 Å². The number of rotatable bonds is 7. The standard InChI is InChI=1S/C82H51NO2/c1-3-19-58(20-4-1)81(59-21-5-2-6-22-59)71-28-14-11-25-65(71)68-46-43-62(51-76(68)81)83(61-41-33-53(34-42-61)57-36-45-70-69-27-13-16-30-77(69)84-78(70)50-57)60-39-31-52(32-40-60)56-35-44-67-66-26-12-15-29-72(66)82(75(67)49-56)73-47-37-54-17-7-9-23-63(54)79(73)85-80-64-24-10-8-18-55(64)38-48-74(80)82/h1-51H. The number of benzene rings is 14. The van der Waals surface area contributed by atoms with Crippen molar-refractivity contribution in [3.05, 3.63) is 354 Å². The van der Waals surface area contributed by atoms with E-state index in [9.17, 15) is 0 Å². The van der Waals surface area contributed by atoms with Crippen molar-refractivity contribution in [3.8, 4) is 56.0 Å². The molecule has 85 heavy (non-hydrogen) atoms. The zero-order valence-corrected chi connectivity index (χ0v) is 46.2. The van der Waals surface area contributed by atoms with E-state index < -0.39 is 10.8 Å². The Labute approximate surface area is 492 Å². The van der Waals surface area contributed by atoms with Gasteiger partial charge in [0, 0.05) is 49.7 Å². The van der Waals surface area contributed by atoms with Crippen molar-refractivity contribution < 1.29 is 9.15 Å². The molecule has 0 atom stereocenters. The predicted molar refractivity (Wildman–Crippen MR) is 349 cm³/mol.